The molecule has 1 aromatic heterocycles. The van der Waals surface area contributed by atoms with E-state index in [4.69, 9.17) is 0 Å². The molecule has 7 heteroatoms. The maximum Gasteiger partial charge on any atom is 0.208 e. The van der Waals surface area contributed by atoms with Gasteiger partial charge in [0.05, 0.1) is 17.6 Å². The molecule has 0 spiro atoms. The Balaban J connectivity index is 1.42. The Morgan fingerprint density at radius 1 is 1.14 bits per heavy atom. The molecule has 0 atom stereocenters. The van der Waals surface area contributed by atoms with Crippen LogP contribution in [0.4, 0.5) is 0 Å². The molecule has 2 heterocycles. The van der Waals surface area contributed by atoms with E-state index < -0.39 is 10.0 Å². The largest absolute Gasteiger partial charge is 0.298 e. The predicted molar refractivity (Wildman–Crippen MR) is 113 cm³/mol. The molecule has 0 radical (unpaired) electrons. The Labute approximate surface area is 169 Å². The summed E-state index contributed by atoms with van der Waals surface area (Å²) in [5.74, 6) is 0.738. The van der Waals surface area contributed by atoms with Gasteiger partial charge in [0.1, 0.15) is 0 Å². The highest BCUT2D eigenvalue weighted by molar-refractivity contribution is 7.88. The third-order valence-electron chi connectivity index (χ3n) is 5.52. The lowest BCUT2D eigenvalue weighted by molar-refractivity contribution is 0.173. The molecular formula is C21H32N4O2S. The van der Waals surface area contributed by atoms with Crippen LogP contribution in [0.25, 0.3) is 0 Å². The molecule has 1 N–H and O–H groups in total. The zero-order valence-electron chi connectivity index (χ0n) is 17.2. The number of likely N-dealkylation sites (tertiary alicyclic amines) is 1. The van der Waals surface area contributed by atoms with Crippen LogP contribution in [0.2, 0.25) is 0 Å². The molecule has 1 aromatic carbocycles. The van der Waals surface area contributed by atoms with Crippen molar-refractivity contribution in [3.8, 4) is 0 Å². The molecule has 0 aliphatic carbocycles. The minimum absolute atomic E-state index is 0.451. The summed E-state index contributed by atoms with van der Waals surface area (Å²) in [5, 5.41) is 4.44. The van der Waals surface area contributed by atoms with Crippen molar-refractivity contribution >= 4 is 10.0 Å². The first-order valence-electron chi connectivity index (χ1n) is 10.0. The number of benzene rings is 1. The van der Waals surface area contributed by atoms with Crippen molar-refractivity contribution < 1.29 is 8.42 Å². The highest BCUT2D eigenvalue weighted by atomic mass is 32.2. The van der Waals surface area contributed by atoms with Crippen molar-refractivity contribution in [2.45, 2.75) is 39.2 Å². The standard InChI is InChI=1S/C21H32N4O2S/c1-17-14-21(24(2)23-17)16-25-12-9-20(10-13-25)15-19-6-4-18(5-7-19)8-11-22-28(3,26)27/h4-7,14,20,22H,8-13,15-16H2,1-3H3. The van der Waals surface area contributed by atoms with Crippen molar-refractivity contribution in [3.05, 3.63) is 52.8 Å². The normalized spacial score (nSPS) is 16.5. The van der Waals surface area contributed by atoms with Gasteiger partial charge in [-0.1, -0.05) is 24.3 Å². The average molecular weight is 405 g/mol. The maximum atomic E-state index is 11.1. The SMILES string of the molecule is Cc1cc(CN2CCC(Cc3ccc(CCNS(C)(=O)=O)cc3)CC2)n(C)n1. The molecule has 0 unspecified atom stereocenters. The van der Waals surface area contributed by atoms with E-state index in [1.54, 1.807) is 0 Å². The quantitative estimate of drug-likeness (QED) is 0.733. The highest BCUT2D eigenvalue weighted by Crippen LogP contribution is 2.23. The summed E-state index contributed by atoms with van der Waals surface area (Å²) in [6.45, 7) is 5.77. The van der Waals surface area contributed by atoms with Crippen LogP contribution >= 0.6 is 0 Å². The average Bonchev–Trinajstić information content (AvgIpc) is 2.94. The van der Waals surface area contributed by atoms with Gasteiger partial charge in [-0.15, -0.1) is 0 Å². The van der Waals surface area contributed by atoms with E-state index in [0.29, 0.717) is 6.54 Å². The van der Waals surface area contributed by atoms with E-state index in [2.05, 4.69) is 45.1 Å². The van der Waals surface area contributed by atoms with Gasteiger partial charge in [0.15, 0.2) is 0 Å². The Morgan fingerprint density at radius 2 is 1.79 bits per heavy atom. The first-order chi connectivity index (χ1) is 13.3. The number of aromatic nitrogens is 2. The van der Waals surface area contributed by atoms with Crippen LogP contribution in [0.5, 0.6) is 0 Å². The molecule has 6 nitrogen and oxygen atoms in total. The Hall–Kier alpha value is -1.70. The summed E-state index contributed by atoms with van der Waals surface area (Å²) in [4.78, 5) is 2.53. The van der Waals surface area contributed by atoms with Crippen LogP contribution in [-0.4, -0.2) is 49.0 Å². The van der Waals surface area contributed by atoms with Gasteiger partial charge in [-0.2, -0.15) is 5.10 Å². The summed E-state index contributed by atoms with van der Waals surface area (Å²) >= 11 is 0. The fourth-order valence-electron chi connectivity index (χ4n) is 3.95. The molecule has 1 saturated heterocycles. The lowest BCUT2D eigenvalue weighted by Gasteiger charge is -2.32. The van der Waals surface area contributed by atoms with Gasteiger partial charge in [0, 0.05) is 20.1 Å². The smallest absolute Gasteiger partial charge is 0.208 e. The molecule has 28 heavy (non-hydrogen) atoms. The van der Waals surface area contributed by atoms with E-state index in [1.165, 1.54) is 35.9 Å². The molecule has 1 aliphatic heterocycles. The molecule has 1 aliphatic rings. The molecule has 0 saturated carbocycles. The fourth-order valence-corrected chi connectivity index (χ4v) is 4.42. The first-order valence-corrected chi connectivity index (χ1v) is 11.9. The van der Waals surface area contributed by atoms with E-state index >= 15 is 0 Å². The molecule has 2 aromatic rings. The van der Waals surface area contributed by atoms with E-state index in [9.17, 15) is 8.42 Å². The summed E-state index contributed by atoms with van der Waals surface area (Å²) in [5.41, 5.74) is 4.92. The van der Waals surface area contributed by atoms with Gasteiger partial charge in [-0.25, -0.2) is 13.1 Å². The number of nitrogens with one attached hydrogen (secondary N) is 1. The van der Waals surface area contributed by atoms with Crippen molar-refractivity contribution in [1.82, 2.24) is 19.4 Å². The Morgan fingerprint density at radius 3 is 2.36 bits per heavy atom. The van der Waals surface area contributed by atoms with Gasteiger partial charge in [0.2, 0.25) is 10.0 Å². The second kappa shape index (κ2) is 9.20. The lowest BCUT2D eigenvalue weighted by atomic mass is 9.89. The summed E-state index contributed by atoms with van der Waals surface area (Å²) in [7, 11) is -1.08. The van der Waals surface area contributed by atoms with Crippen LogP contribution < -0.4 is 4.72 Å². The highest BCUT2D eigenvalue weighted by Gasteiger charge is 2.20. The van der Waals surface area contributed by atoms with Crippen LogP contribution in [0.3, 0.4) is 0 Å². The number of aryl methyl sites for hydroxylation is 2. The molecule has 1 fully saturated rings. The number of hydrogen-bond donors (Lipinski definition) is 1. The van der Waals surface area contributed by atoms with Crippen LogP contribution in [0.1, 0.15) is 35.4 Å². The topological polar surface area (TPSA) is 67.2 Å². The second-order valence-corrected chi connectivity index (χ2v) is 9.89. The number of nitrogens with zero attached hydrogens (tertiary/aromatic N) is 3. The van der Waals surface area contributed by atoms with Crippen LogP contribution in [0, 0.1) is 12.8 Å². The summed E-state index contributed by atoms with van der Waals surface area (Å²) < 4.78 is 26.8. The molecule has 0 amide bonds. The van der Waals surface area contributed by atoms with Gasteiger partial charge in [-0.05, 0) is 68.8 Å². The van der Waals surface area contributed by atoms with E-state index in [0.717, 1.165) is 44.1 Å². The van der Waals surface area contributed by atoms with Crippen molar-refractivity contribution in [2.75, 3.05) is 25.9 Å². The maximum absolute atomic E-state index is 11.1. The summed E-state index contributed by atoms with van der Waals surface area (Å²) in [6.07, 6.45) is 5.51. The van der Waals surface area contributed by atoms with Gasteiger partial charge in [-0.3, -0.25) is 9.58 Å². The summed E-state index contributed by atoms with van der Waals surface area (Å²) in [6, 6.07) is 10.8. The van der Waals surface area contributed by atoms with Gasteiger partial charge in [0.25, 0.3) is 0 Å². The number of hydrogen-bond acceptors (Lipinski definition) is 4. The molecule has 0 bridgehead atoms. The number of sulfonamides is 1. The minimum Gasteiger partial charge on any atom is -0.298 e. The zero-order valence-corrected chi connectivity index (χ0v) is 18.0. The fraction of sp³-hybridized carbons (Fsp3) is 0.571. The van der Waals surface area contributed by atoms with Crippen molar-refractivity contribution in [1.29, 1.82) is 0 Å². The zero-order chi connectivity index (χ0) is 20.1. The van der Waals surface area contributed by atoms with Gasteiger partial charge < -0.3 is 0 Å². The predicted octanol–water partition coefficient (Wildman–Crippen LogP) is 2.27. The van der Waals surface area contributed by atoms with Crippen molar-refractivity contribution in [3.63, 3.8) is 0 Å². The second-order valence-electron chi connectivity index (χ2n) is 8.06. The Bertz CT molecular complexity index is 866. The van der Waals surface area contributed by atoms with Crippen molar-refractivity contribution in [2.24, 2.45) is 13.0 Å². The molecule has 3 rings (SSSR count). The van der Waals surface area contributed by atoms with Gasteiger partial charge >= 0.3 is 0 Å². The minimum atomic E-state index is -3.11. The van der Waals surface area contributed by atoms with E-state index in [1.807, 2.05) is 18.7 Å². The van der Waals surface area contributed by atoms with E-state index in [-0.39, 0.29) is 0 Å². The number of rotatable bonds is 8. The third kappa shape index (κ3) is 6.43. The lowest BCUT2D eigenvalue weighted by Crippen LogP contribution is -2.34. The Kier molecular flexibility index (Phi) is 6.91. The third-order valence-corrected chi connectivity index (χ3v) is 6.25. The first kappa shape index (κ1) is 21.0. The van der Waals surface area contributed by atoms with Crippen LogP contribution in [0.15, 0.2) is 30.3 Å². The monoisotopic (exact) mass is 404 g/mol. The molecular weight excluding hydrogens is 372 g/mol. The number of piperidine rings is 1. The molecule has 154 valence electrons. The van der Waals surface area contributed by atoms with Crippen LogP contribution in [-0.2, 0) is 36.5 Å².